The van der Waals surface area contributed by atoms with Gasteiger partial charge in [0.2, 0.25) is 0 Å². The number of hydrogen-bond acceptors (Lipinski definition) is 5. The summed E-state index contributed by atoms with van der Waals surface area (Å²) in [5, 5.41) is 20.5. The van der Waals surface area contributed by atoms with Crippen molar-refractivity contribution in [1.82, 2.24) is 0 Å². The van der Waals surface area contributed by atoms with Crippen molar-refractivity contribution in [2.45, 2.75) is 26.0 Å². The van der Waals surface area contributed by atoms with Gasteiger partial charge in [0.15, 0.2) is 0 Å². The molecule has 1 aliphatic heterocycles. The number of aromatic carboxylic acids is 1. The molecule has 7 nitrogen and oxygen atoms in total. The maximum Gasteiger partial charge on any atom is 0.338 e. The summed E-state index contributed by atoms with van der Waals surface area (Å²) in [5.74, 6) is -1.17. The number of hydrogen-bond donors (Lipinski definition) is 1. The Kier molecular flexibility index (Phi) is 3.89. The molecule has 108 valence electrons. The van der Waals surface area contributed by atoms with Crippen LogP contribution in [0.5, 0.6) is 0 Å². The second-order valence-electron chi connectivity index (χ2n) is 4.88. The van der Waals surface area contributed by atoms with Gasteiger partial charge in [-0.2, -0.15) is 0 Å². The highest BCUT2D eigenvalue weighted by Crippen LogP contribution is 2.34. The summed E-state index contributed by atoms with van der Waals surface area (Å²) in [7, 11) is 0. The van der Waals surface area contributed by atoms with Crippen molar-refractivity contribution in [3.05, 3.63) is 33.9 Å². The Labute approximate surface area is 115 Å². The van der Waals surface area contributed by atoms with Crippen molar-refractivity contribution >= 4 is 17.3 Å². The summed E-state index contributed by atoms with van der Waals surface area (Å²) in [6.45, 7) is 4.54. The molecule has 1 aliphatic rings. The van der Waals surface area contributed by atoms with Crippen LogP contribution in [-0.4, -0.2) is 41.3 Å². The van der Waals surface area contributed by atoms with E-state index < -0.39 is 10.9 Å². The Hall–Kier alpha value is -2.15. The second kappa shape index (κ2) is 5.46. The Bertz CT molecular complexity index is 513. The number of rotatable bonds is 3. The molecule has 0 aromatic heterocycles. The summed E-state index contributed by atoms with van der Waals surface area (Å²) in [6.07, 6.45) is -0.104. The van der Waals surface area contributed by atoms with Crippen molar-refractivity contribution in [1.29, 1.82) is 0 Å². The van der Waals surface area contributed by atoms with Gasteiger partial charge in [0.05, 0.1) is 23.2 Å². The fraction of sp³-hybridized carbons (Fsp3) is 0.462. The topological polar surface area (TPSA) is 92.9 Å². The van der Waals surface area contributed by atoms with Crippen LogP contribution in [0.15, 0.2) is 18.2 Å². The van der Waals surface area contributed by atoms with Crippen molar-refractivity contribution in [3.63, 3.8) is 0 Å². The van der Waals surface area contributed by atoms with Crippen LogP contribution in [0.3, 0.4) is 0 Å². The Morgan fingerprint density at radius 1 is 1.50 bits per heavy atom. The number of nitro benzene ring substituents is 1. The molecule has 0 spiro atoms. The van der Waals surface area contributed by atoms with Crippen molar-refractivity contribution < 1.29 is 19.6 Å². The fourth-order valence-electron chi connectivity index (χ4n) is 2.37. The maximum atomic E-state index is 11.3. The Morgan fingerprint density at radius 2 is 2.20 bits per heavy atom. The van der Waals surface area contributed by atoms with E-state index in [-0.39, 0.29) is 29.1 Å². The average molecular weight is 280 g/mol. The first-order valence-corrected chi connectivity index (χ1v) is 6.30. The molecule has 1 saturated heterocycles. The van der Waals surface area contributed by atoms with Gasteiger partial charge in [-0.25, -0.2) is 4.79 Å². The monoisotopic (exact) mass is 280 g/mol. The minimum absolute atomic E-state index is 0.0554. The van der Waals surface area contributed by atoms with Gasteiger partial charge in [-0.05, 0) is 19.9 Å². The molecule has 1 aromatic carbocycles. The van der Waals surface area contributed by atoms with Crippen LogP contribution < -0.4 is 4.90 Å². The molecule has 20 heavy (non-hydrogen) atoms. The van der Waals surface area contributed by atoms with E-state index in [0.29, 0.717) is 13.2 Å². The lowest BCUT2D eigenvalue weighted by molar-refractivity contribution is -0.384. The highest BCUT2D eigenvalue weighted by molar-refractivity contribution is 5.97. The number of carbonyl (C=O) groups is 1. The van der Waals surface area contributed by atoms with Gasteiger partial charge in [-0.3, -0.25) is 10.1 Å². The molecule has 1 fully saturated rings. The highest BCUT2D eigenvalue weighted by Gasteiger charge is 2.32. The molecular formula is C13H16N2O5. The van der Waals surface area contributed by atoms with E-state index in [1.165, 1.54) is 18.2 Å². The number of nitrogens with zero attached hydrogens (tertiary/aromatic N) is 2. The van der Waals surface area contributed by atoms with Crippen LogP contribution in [0.25, 0.3) is 0 Å². The first-order valence-electron chi connectivity index (χ1n) is 6.30. The van der Waals surface area contributed by atoms with Gasteiger partial charge in [-0.15, -0.1) is 0 Å². The lowest BCUT2D eigenvalue weighted by Crippen LogP contribution is -2.48. The van der Waals surface area contributed by atoms with E-state index in [9.17, 15) is 20.0 Å². The number of benzene rings is 1. The molecular weight excluding hydrogens is 264 g/mol. The van der Waals surface area contributed by atoms with Gasteiger partial charge in [0, 0.05) is 18.7 Å². The molecule has 0 saturated carbocycles. The molecule has 1 aromatic rings. The van der Waals surface area contributed by atoms with Crippen molar-refractivity contribution in [3.8, 4) is 0 Å². The summed E-state index contributed by atoms with van der Waals surface area (Å²) in [4.78, 5) is 23.7. The summed E-state index contributed by atoms with van der Waals surface area (Å²) < 4.78 is 5.48. The van der Waals surface area contributed by atoms with Gasteiger partial charge in [-0.1, -0.05) is 6.07 Å². The minimum Gasteiger partial charge on any atom is -0.478 e. The summed E-state index contributed by atoms with van der Waals surface area (Å²) >= 11 is 0. The van der Waals surface area contributed by atoms with Crippen molar-refractivity contribution in [2.75, 3.05) is 18.1 Å². The first kappa shape index (κ1) is 14.3. The minimum atomic E-state index is -1.17. The Balaban J connectivity index is 2.57. The molecule has 2 rings (SSSR count). The molecule has 0 aliphatic carbocycles. The number of nitro groups is 1. The molecule has 1 heterocycles. The molecule has 0 amide bonds. The third-order valence-corrected chi connectivity index (χ3v) is 3.34. The van der Waals surface area contributed by atoms with E-state index >= 15 is 0 Å². The molecule has 2 atom stereocenters. The number of carboxylic acid groups (broad SMARTS) is 1. The second-order valence-corrected chi connectivity index (χ2v) is 4.88. The lowest BCUT2D eigenvalue weighted by atomic mass is 10.1. The van der Waals surface area contributed by atoms with Crippen LogP contribution in [0.2, 0.25) is 0 Å². The van der Waals surface area contributed by atoms with E-state index in [1.807, 2.05) is 13.8 Å². The van der Waals surface area contributed by atoms with Crippen LogP contribution in [0.4, 0.5) is 11.4 Å². The molecule has 0 bridgehead atoms. The van der Waals surface area contributed by atoms with Gasteiger partial charge < -0.3 is 14.7 Å². The first-order chi connectivity index (χ1) is 9.41. The number of ether oxygens (including phenoxy) is 1. The Morgan fingerprint density at radius 3 is 2.80 bits per heavy atom. The molecule has 1 N–H and O–H groups in total. The van der Waals surface area contributed by atoms with Crippen LogP contribution >= 0.6 is 0 Å². The predicted octanol–water partition coefficient (Wildman–Crippen LogP) is 1.91. The van der Waals surface area contributed by atoms with E-state index in [4.69, 9.17) is 4.74 Å². The van der Waals surface area contributed by atoms with Crippen LogP contribution in [0.1, 0.15) is 24.2 Å². The average Bonchev–Trinajstić information content (AvgIpc) is 2.40. The summed E-state index contributed by atoms with van der Waals surface area (Å²) in [5.41, 5.74) is -0.0846. The molecule has 2 unspecified atom stereocenters. The van der Waals surface area contributed by atoms with Gasteiger partial charge >= 0.3 is 5.97 Å². The van der Waals surface area contributed by atoms with Gasteiger partial charge in [0.25, 0.3) is 5.69 Å². The summed E-state index contributed by atoms with van der Waals surface area (Å²) in [6, 6.07) is 3.98. The lowest BCUT2D eigenvalue weighted by Gasteiger charge is -2.38. The number of anilines is 1. The van der Waals surface area contributed by atoms with E-state index in [2.05, 4.69) is 0 Å². The zero-order valence-electron chi connectivity index (χ0n) is 11.3. The third-order valence-electron chi connectivity index (χ3n) is 3.34. The maximum absolute atomic E-state index is 11.3. The van der Waals surface area contributed by atoms with Crippen molar-refractivity contribution in [2.24, 2.45) is 0 Å². The fourth-order valence-corrected chi connectivity index (χ4v) is 2.37. The standard InChI is InChI=1S/C13H16N2O5/c1-8-7-20-9(2)6-14(8)12-10(13(16)17)4-3-5-11(12)15(18)19/h3-5,8-9H,6-7H2,1-2H3,(H,16,17). The number of morpholine rings is 1. The van der Waals surface area contributed by atoms with Gasteiger partial charge in [0.1, 0.15) is 5.69 Å². The smallest absolute Gasteiger partial charge is 0.338 e. The van der Waals surface area contributed by atoms with Crippen LogP contribution in [0, 0.1) is 10.1 Å². The molecule has 7 heteroatoms. The third kappa shape index (κ3) is 2.57. The normalized spacial score (nSPS) is 22.6. The largest absolute Gasteiger partial charge is 0.478 e. The van der Waals surface area contributed by atoms with E-state index in [1.54, 1.807) is 4.90 Å². The van der Waals surface area contributed by atoms with Crippen LogP contribution in [-0.2, 0) is 4.74 Å². The quantitative estimate of drug-likeness (QED) is 0.671. The highest BCUT2D eigenvalue weighted by atomic mass is 16.6. The molecule has 0 radical (unpaired) electrons. The number of para-hydroxylation sites is 1. The zero-order valence-corrected chi connectivity index (χ0v) is 11.3. The van der Waals surface area contributed by atoms with E-state index in [0.717, 1.165) is 0 Å². The SMILES string of the molecule is CC1CN(c2c(C(=O)O)cccc2[N+](=O)[O-])C(C)CO1. The zero-order chi connectivity index (χ0) is 14.9. The predicted molar refractivity (Wildman–Crippen MR) is 72.3 cm³/mol. The number of carboxylic acids is 1.